The van der Waals surface area contributed by atoms with E-state index in [-0.39, 0.29) is 55.9 Å². The lowest BCUT2D eigenvalue weighted by Gasteiger charge is -2.30. The zero-order valence-electron chi connectivity index (χ0n) is 34.4. The summed E-state index contributed by atoms with van der Waals surface area (Å²) in [5.41, 5.74) is 2.73. The largest absolute Gasteiger partial charge is 0.497 e. The molecule has 1 atom stereocenters. The first-order chi connectivity index (χ1) is 27.1. The molecule has 0 aliphatic heterocycles. The molecule has 0 spiro atoms. The lowest BCUT2D eigenvalue weighted by Crippen LogP contribution is -2.47. The number of allylic oxidation sites excluding steroid dienone is 2. The van der Waals surface area contributed by atoms with E-state index in [1.54, 1.807) is 74.6 Å². The Morgan fingerprint density at radius 1 is 0.724 bits per heavy atom. The lowest BCUT2D eigenvalue weighted by molar-refractivity contribution is -0.151. The molecular weight excluding hydrogens is 768 g/mol. The van der Waals surface area contributed by atoms with Crippen molar-refractivity contribution in [3.63, 3.8) is 0 Å². The Labute approximate surface area is 340 Å². The predicted molar refractivity (Wildman–Crippen MR) is 215 cm³/mol. The Bertz CT molecular complexity index is 2500. The molecule has 58 heavy (non-hydrogen) atoms. The van der Waals surface area contributed by atoms with E-state index in [9.17, 15) is 34.2 Å². The Hall–Kier alpha value is -6.05. The minimum absolute atomic E-state index is 0.00952. The van der Waals surface area contributed by atoms with Crippen LogP contribution in [0.1, 0.15) is 101 Å². The van der Waals surface area contributed by atoms with Crippen molar-refractivity contribution in [3.8, 4) is 22.9 Å². The average Bonchev–Trinajstić information content (AvgIpc) is 3.70. The second kappa shape index (κ2) is 16.1. The minimum Gasteiger partial charge on any atom is -0.497 e. The number of nitrogens with zero attached hydrogens (tertiary/aromatic N) is 2. The summed E-state index contributed by atoms with van der Waals surface area (Å²) < 4.78 is 24.6. The zero-order chi connectivity index (χ0) is 43.3. The van der Waals surface area contributed by atoms with Crippen LogP contribution in [0.2, 0.25) is 5.02 Å². The van der Waals surface area contributed by atoms with Crippen LogP contribution in [0.4, 0.5) is 0 Å². The molecule has 0 unspecified atom stereocenters. The Morgan fingerprint density at radius 3 is 1.84 bits per heavy atom. The summed E-state index contributed by atoms with van der Waals surface area (Å²) in [5, 5.41) is 25.6. The number of aliphatic hydroxyl groups is 1. The number of ether oxygens (including phenoxy) is 4. The molecule has 0 saturated carbocycles. The molecule has 14 heteroatoms. The summed E-state index contributed by atoms with van der Waals surface area (Å²) >= 11 is 6.77. The second-order valence-electron chi connectivity index (χ2n) is 14.3. The summed E-state index contributed by atoms with van der Waals surface area (Å²) in [7, 11) is 1.21. The Morgan fingerprint density at radius 2 is 1.28 bits per heavy atom. The van der Waals surface area contributed by atoms with Gasteiger partial charge in [-0.3, -0.25) is 4.79 Å². The number of rotatable bonds is 10. The number of aromatic nitrogens is 2. The molecule has 1 heterocycles. The fraction of sp³-hybridized carbons (Fsp3) is 0.318. The van der Waals surface area contributed by atoms with Gasteiger partial charge in [-0.25, -0.2) is 23.9 Å². The summed E-state index contributed by atoms with van der Waals surface area (Å²) in [6.07, 6.45) is 5.63. The van der Waals surface area contributed by atoms with E-state index in [0.29, 0.717) is 62.2 Å². The van der Waals surface area contributed by atoms with Crippen LogP contribution in [0.3, 0.4) is 0 Å². The number of carbonyl (C=O) groups excluding carboxylic acids is 4. The van der Waals surface area contributed by atoms with Gasteiger partial charge in [0.05, 0.1) is 28.8 Å². The predicted octanol–water partition coefficient (Wildman–Crippen LogP) is 7.70. The number of methoxy groups -OCH3 is 1. The standard InChI is InChI=1S/C44H45ClN2O11/c1-13-30-26(9)37(23(6)22(5)34(30)42(52)57-39-25(8)20(3)32(40(49)50)28(11)36(39)47-16-14-15-46-47)56-41(51)33-21(4)24(7)38(35(45)27(33)10)58-43(53)44(54)19(2)17-29(48)18-31(44)55-12/h14-18,54H,13H2,1-12H3,(H,49,50)/t44-/m1/s1. The fourth-order valence-electron chi connectivity index (χ4n) is 7.51. The number of benzene rings is 3. The van der Waals surface area contributed by atoms with Gasteiger partial charge in [-0.1, -0.05) is 18.5 Å². The third kappa shape index (κ3) is 6.98. The molecule has 0 radical (unpaired) electrons. The lowest BCUT2D eigenvalue weighted by atomic mass is 9.87. The van der Waals surface area contributed by atoms with Gasteiger partial charge in [-0.15, -0.1) is 0 Å². The van der Waals surface area contributed by atoms with Crippen LogP contribution in [0.25, 0.3) is 5.69 Å². The van der Waals surface area contributed by atoms with Crippen molar-refractivity contribution in [3.05, 3.63) is 119 Å². The van der Waals surface area contributed by atoms with Crippen LogP contribution in [0.15, 0.2) is 41.9 Å². The van der Waals surface area contributed by atoms with Gasteiger partial charge < -0.3 is 29.2 Å². The van der Waals surface area contributed by atoms with E-state index in [0.717, 1.165) is 12.2 Å². The normalized spacial score (nSPS) is 15.1. The zero-order valence-corrected chi connectivity index (χ0v) is 35.2. The highest BCUT2D eigenvalue weighted by Gasteiger charge is 2.48. The van der Waals surface area contributed by atoms with E-state index >= 15 is 0 Å². The van der Waals surface area contributed by atoms with Crippen molar-refractivity contribution in [2.45, 2.75) is 88.2 Å². The highest BCUT2D eigenvalue weighted by atomic mass is 35.5. The maximum Gasteiger partial charge on any atom is 0.356 e. The smallest absolute Gasteiger partial charge is 0.356 e. The van der Waals surface area contributed by atoms with Crippen LogP contribution in [-0.4, -0.2) is 62.4 Å². The van der Waals surface area contributed by atoms with Crippen molar-refractivity contribution >= 4 is 41.3 Å². The molecule has 0 fully saturated rings. The molecule has 4 aromatic rings. The first-order valence-electron chi connectivity index (χ1n) is 18.3. The maximum atomic E-state index is 14.3. The number of aromatic carboxylic acids is 1. The van der Waals surface area contributed by atoms with Crippen LogP contribution in [0.5, 0.6) is 17.2 Å². The van der Waals surface area contributed by atoms with Crippen molar-refractivity contribution in [1.82, 2.24) is 9.78 Å². The molecule has 304 valence electrons. The quantitative estimate of drug-likeness (QED) is 0.118. The van der Waals surface area contributed by atoms with Crippen LogP contribution < -0.4 is 14.2 Å². The first-order valence-corrected chi connectivity index (χ1v) is 18.7. The van der Waals surface area contributed by atoms with Crippen molar-refractivity contribution in [2.24, 2.45) is 0 Å². The maximum absolute atomic E-state index is 14.3. The second-order valence-corrected chi connectivity index (χ2v) is 14.7. The van der Waals surface area contributed by atoms with Crippen molar-refractivity contribution < 1.29 is 53.1 Å². The summed E-state index contributed by atoms with van der Waals surface area (Å²) in [4.78, 5) is 66.2. The number of carboxylic acid groups (broad SMARTS) is 1. The van der Waals surface area contributed by atoms with E-state index in [1.807, 2.05) is 6.92 Å². The fourth-order valence-corrected chi connectivity index (χ4v) is 7.78. The Kier molecular flexibility index (Phi) is 11.9. The number of hydrogen-bond donors (Lipinski definition) is 2. The summed E-state index contributed by atoms with van der Waals surface area (Å²) in [6, 6.07) is 1.68. The highest BCUT2D eigenvalue weighted by Crippen LogP contribution is 2.42. The third-order valence-corrected chi connectivity index (χ3v) is 11.6. The number of esters is 3. The van der Waals surface area contributed by atoms with Crippen LogP contribution >= 0.6 is 11.6 Å². The molecular formula is C44H45ClN2O11. The number of hydrogen-bond acceptors (Lipinski definition) is 11. The SMILES string of the molecule is CCc1c(C)c(OC(=O)c2c(C)c(C)c(OC(=O)[C@@]3(O)C(C)=CC(=O)C=C3OC)c(Cl)c2C)c(C)c(C)c1C(=O)Oc1c(C)c(C)c(C(=O)O)c(C)c1-n1cccn1. The average molecular weight is 813 g/mol. The minimum atomic E-state index is -2.40. The van der Waals surface area contributed by atoms with Gasteiger partial charge in [-0.05, 0) is 149 Å². The number of carbonyl (C=O) groups is 5. The molecule has 0 bridgehead atoms. The van der Waals surface area contributed by atoms with E-state index in [2.05, 4.69) is 5.10 Å². The van der Waals surface area contributed by atoms with Gasteiger partial charge in [0, 0.05) is 18.5 Å². The van der Waals surface area contributed by atoms with E-state index in [1.165, 1.54) is 24.9 Å². The molecule has 0 amide bonds. The number of ketones is 1. The molecule has 3 aromatic carbocycles. The monoisotopic (exact) mass is 812 g/mol. The molecule has 1 aromatic heterocycles. The molecule has 2 N–H and O–H groups in total. The number of carboxylic acids is 1. The van der Waals surface area contributed by atoms with Gasteiger partial charge in [0.25, 0.3) is 0 Å². The van der Waals surface area contributed by atoms with Crippen LogP contribution in [-0.2, 0) is 20.7 Å². The van der Waals surface area contributed by atoms with Crippen LogP contribution in [0, 0.1) is 62.3 Å². The first kappa shape index (κ1) is 43.1. The summed E-state index contributed by atoms with van der Waals surface area (Å²) in [5.74, 6) is -4.20. The van der Waals surface area contributed by atoms with Gasteiger partial charge in [-0.2, -0.15) is 5.10 Å². The molecule has 1 aliphatic carbocycles. The Balaban J connectivity index is 1.53. The third-order valence-electron chi connectivity index (χ3n) is 11.1. The molecule has 13 nitrogen and oxygen atoms in total. The topological polar surface area (TPSA) is 181 Å². The van der Waals surface area contributed by atoms with E-state index in [4.69, 9.17) is 30.5 Å². The van der Waals surface area contributed by atoms with Gasteiger partial charge in [0.1, 0.15) is 17.2 Å². The van der Waals surface area contributed by atoms with Crippen molar-refractivity contribution in [2.75, 3.05) is 7.11 Å². The van der Waals surface area contributed by atoms with E-state index < -0.39 is 35.3 Å². The van der Waals surface area contributed by atoms with Gasteiger partial charge in [0.2, 0.25) is 5.60 Å². The highest BCUT2D eigenvalue weighted by molar-refractivity contribution is 6.33. The van der Waals surface area contributed by atoms with Gasteiger partial charge >= 0.3 is 23.9 Å². The molecule has 5 rings (SSSR count). The van der Waals surface area contributed by atoms with Crippen molar-refractivity contribution in [1.29, 1.82) is 0 Å². The molecule has 1 aliphatic rings. The summed E-state index contributed by atoms with van der Waals surface area (Å²) in [6.45, 7) is 18.2. The van der Waals surface area contributed by atoms with Gasteiger partial charge in [0.15, 0.2) is 17.3 Å². The number of halogens is 1. The molecule has 0 saturated heterocycles.